The lowest BCUT2D eigenvalue weighted by molar-refractivity contribution is -0.0524. The molecule has 2 aliphatic heterocycles. The summed E-state index contributed by atoms with van der Waals surface area (Å²) in [7, 11) is 0. The van der Waals surface area contributed by atoms with Crippen LogP contribution in [0.5, 0.6) is 0 Å². The molecule has 0 amide bonds. The molecule has 17 heavy (non-hydrogen) atoms. The van der Waals surface area contributed by atoms with E-state index in [1.54, 1.807) is 12.7 Å². The van der Waals surface area contributed by atoms with Crippen molar-refractivity contribution in [2.75, 3.05) is 0 Å². The van der Waals surface area contributed by atoms with E-state index in [1.165, 1.54) is 12.8 Å². The maximum atomic E-state index is 2.68. The zero-order chi connectivity index (χ0) is 11.9. The number of hydrogen-bond donors (Lipinski definition) is 0. The first-order chi connectivity index (χ1) is 8.09. The van der Waals surface area contributed by atoms with Gasteiger partial charge in [0.15, 0.2) is 0 Å². The largest absolute Gasteiger partial charge is 0.147 e. The standard InChI is InChI=1S/C16H27B/c1-5-13-14-10(3)6-9(2)12-7-11-8-17(13)15(14)16(11,12)4/h9-15H,5-8H2,1-4H3/t9-,10+,11?,12-,13+,14+,15?,16+/m0/s1. The van der Waals surface area contributed by atoms with E-state index < -0.39 is 0 Å². The molecule has 0 N–H and O–H groups in total. The van der Waals surface area contributed by atoms with Gasteiger partial charge in [0.2, 0.25) is 0 Å². The number of hydrogen-bond acceptors (Lipinski definition) is 0. The third-order valence-electron chi connectivity index (χ3n) is 7.97. The maximum absolute atomic E-state index is 2.68. The minimum absolute atomic E-state index is 0.783. The lowest BCUT2D eigenvalue weighted by Crippen LogP contribution is -2.54. The van der Waals surface area contributed by atoms with Gasteiger partial charge in [-0.05, 0) is 47.8 Å². The second-order valence-electron chi connectivity index (χ2n) is 8.17. The van der Waals surface area contributed by atoms with Crippen molar-refractivity contribution in [2.45, 2.75) is 64.9 Å². The molecule has 4 fully saturated rings. The van der Waals surface area contributed by atoms with Crippen molar-refractivity contribution in [3.05, 3.63) is 0 Å². The summed E-state index contributed by atoms with van der Waals surface area (Å²) in [5.74, 6) is 7.57. The summed E-state index contributed by atoms with van der Waals surface area (Å²) in [5.41, 5.74) is 0.783. The fourth-order valence-electron chi connectivity index (χ4n) is 7.41. The van der Waals surface area contributed by atoms with Gasteiger partial charge in [0.05, 0.1) is 0 Å². The van der Waals surface area contributed by atoms with Crippen LogP contribution in [-0.4, -0.2) is 6.71 Å². The summed E-state index contributed by atoms with van der Waals surface area (Å²) in [6.07, 6.45) is 6.17. The molecule has 0 radical (unpaired) electrons. The Labute approximate surface area is 107 Å². The summed E-state index contributed by atoms with van der Waals surface area (Å²) in [6.45, 7) is 11.4. The molecule has 2 saturated carbocycles. The average molecular weight is 230 g/mol. The van der Waals surface area contributed by atoms with Gasteiger partial charge in [-0.2, -0.15) is 0 Å². The van der Waals surface area contributed by atoms with Gasteiger partial charge >= 0.3 is 0 Å². The van der Waals surface area contributed by atoms with Crippen LogP contribution in [0, 0.1) is 35.0 Å². The average Bonchev–Trinajstić information content (AvgIpc) is 2.38. The molecule has 94 valence electrons. The summed E-state index contributed by atoms with van der Waals surface area (Å²) >= 11 is 0. The lowest BCUT2D eigenvalue weighted by atomic mass is 9.17. The molecule has 1 heteroatoms. The monoisotopic (exact) mass is 230 g/mol. The first-order valence-corrected chi connectivity index (χ1v) is 8.09. The van der Waals surface area contributed by atoms with E-state index >= 15 is 0 Å². The Hall–Kier alpha value is 0.0649. The normalized spacial score (nSPS) is 63.5. The van der Waals surface area contributed by atoms with Crippen molar-refractivity contribution in [3.63, 3.8) is 0 Å². The Morgan fingerprint density at radius 1 is 1.18 bits per heavy atom. The van der Waals surface area contributed by atoms with Crippen LogP contribution < -0.4 is 0 Å². The van der Waals surface area contributed by atoms with Crippen LogP contribution in [0.1, 0.15) is 47.0 Å². The van der Waals surface area contributed by atoms with Crippen LogP contribution in [0.15, 0.2) is 0 Å². The van der Waals surface area contributed by atoms with Crippen LogP contribution in [0.2, 0.25) is 18.0 Å². The first-order valence-electron chi connectivity index (χ1n) is 8.09. The summed E-state index contributed by atoms with van der Waals surface area (Å²) in [4.78, 5) is 0. The molecule has 0 spiro atoms. The van der Waals surface area contributed by atoms with E-state index in [9.17, 15) is 0 Å². The van der Waals surface area contributed by atoms with Crippen molar-refractivity contribution in [2.24, 2.45) is 35.0 Å². The highest BCUT2D eigenvalue weighted by atomic mass is 14.7. The van der Waals surface area contributed by atoms with E-state index in [4.69, 9.17) is 0 Å². The topological polar surface area (TPSA) is 0 Å². The highest BCUT2D eigenvalue weighted by Gasteiger charge is 2.73. The molecule has 4 aliphatic rings. The van der Waals surface area contributed by atoms with Crippen LogP contribution in [-0.2, 0) is 0 Å². The van der Waals surface area contributed by atoms with Gasteiger partial charge in [-0.3, -0.25) is 0 Å². The quantitative estimate of drug-likeness (QED) is 0.578. The molecular formula is C16H27B. The van der Waals surface area contributed by atoms with Crippen LogP contribution in [0.4, 0.5) is 0 Å². The van der Waals surface area contributed by atoms with Crippen molar-refractivity contribution < 1.29 is 0 Å². The molecular weight excluding hydrogens is 203 g/mol. The zero-order valence-electron chi connectivity index (χ0n) is 11.9. The Bertz CT molecular complexity index is 351. The summed E-state index contributed by atoms with van der Waals surface area (Å²) in [5, 5.41) is 0. The molecule has 2 unspecified atom stereocenters. The molecule has 0 aromatic carbocycles. The highest BCUT2D eigenvalue weighted by molar-refractivity contribution is 6.67. The Kier molecular flexibility index (Phi) is 2.02. The molecule has 2 heterocycles. The number of rotatable bonds is 1. The van der Waals surface area contributed by atoms with Crippen molar-refractivity contribution in [3.8, 4) is 0 Å². The molecule has 0 aromatic heterocycles. The predicted molar refractivity (Wildman–Crippen MR) is 74.5 cm³/mol. The van der Waals surface area contributed by atoms with Gasteiger partial charge in [-0.15, -0.1) is 0 Å². The van der Waals surface area contributed by atoms with E-state index in [2.05, 4.69) is 27.7 Å². The van der Waals surface area contributed by atoms with Gasteiger partial charge in [0.25, 0.3) is 0 Å². The zero-order valence-corrected chi connectivity index (χ0v) is 11.9. The minimum Gasteiger partial charge on any atom is -0.0703 e. The third-order valence-corrected chi connectivity index (χ3v) is 7.97. The Morgan fingerprint density at radius 2 is 1.94 bits per heavy atom. The van der Waals surface area contributed by atoms with Gasteiger partial charge in [0.1, 0.15) is 6.71 Å². The van der Waals surface area contributed by atoms with E-state index in [-0.39, 0.29) is 0 Å². The Balaban J connectivity index is 1.76. The van der Waals surface area contributed by atoms with E-state index in [0.717, 1.165) is 53.4 Å². The van der Waals surface area contributed by atoms with E-state index in [0.29, 0.717) is 0 Å². The minimum atomic E-state index is 0.783. The SMILES string of the molecule is CC[C@H]1B2CC3C[C@H]4[C@@H](C)C[C@@H](C)[C@H]1C2[C@]34C. The molecule has 0 aromatic rings. The predicted octanol–water partition coefficient (Wildman–Crippen LogP) is 4.59. The van der Waals surface area contributed by atoms with Gasteiger partial charge in [-0.25, -0.2) is 0 Å². The fraction of sp³-hybridized carbons (Fsp3) is 1.00. The van der Waals surface area contributed by atoms with Crippen LogP contribution >= 0.6 is 0 Å². The van der Waals surface area contributed by atoms with Crippen molar-refractivity contribution in [1.29, 1.82) is 0 Å². The molecule has 2 aliphatic carbocycles. The van der Waals surface area contributed by atoms with Gasteiger partial charge in [-0.1, -0.05) is 52.1 Å². The lowest BCUT2D eigenvalue weighted by Gasteiger charge is -2.60. The third kappa shape index (κ3) is 1.01. The van der Waals surface area contributed by atoms with Gasteiger partial charge in [0, 0.05) is 0 Å². The van der Waals surface area contributed by atoms with Crippen molar-refractivity contribution in [1.82, 2.24) is 0 Å². The van der Waals surface area contributed by atoms with E-state index in [1.807, 2.05) is 0 Å². The molecule has 0 bridgehead atoms. The molecule has 2 saturated heterocycles. The fourth-order valence-corrected chi connectivity index (χ4v) is 7.41. The summed E-state index contributed by atoms with van der Waals surface area (Å²) in [6, 6.07) is 0. The molecule has 0 nitrogen and oxygen atoms in total. The summed E-state index contributed by atoms with van der Waals surface area (Å²) < 4.78 is 0. The Morgan fingerprint density at radius 3 is 2.65 bits per heavy atom. The molecule has 8 atom stereocenters. The second kappa shape index (κ2) is 3.14. The van der Waals surface area contributed by atoms with Crippen LogP contribution in [0.25, 0.3) is 0 Å². The second-order valence-corrected chi connectivity index (χ2v) is 8.17. The van der Waals surface area contributed by atoms with Gasteiger partial charge < -0.3 is 0 Å². The van der Waals surface area contributed by atoms with Crippen LogP contribution in [0.3, 0.4) is 0 Å². The molecule has 4 rings (SSSR count). The maximum Gasteiger partial charge on any atom is 0.147 e. The first kappa shape index (κ1) is 10.9. The highest BCUT2D eigenvalue weighted by Crippen LogP contribution is 2.80. The van der Waals surface area contributed by atoms with Crippen molar-refractivity contribution >= 4 is 6.71 Å². The smallest absolute Gasteiger partial charge is 0.0703 e.